The summed E-state index contributed by atoms with van der Waals surface area (Å²) in [6.07, 6.45) is 1.88. The summed E-state index contributed by atoms with van der Waals surface area (Å²) in [5.41, 5.74) is 2.23. The van der Waals surface area contributed by atoms with Crippen LogP contribution < -0.4 is 4.74 Å². The highest BCUT2D eigenvalue weighted by Gasteiger charge is 2.40. The molecule has 1 N–H and O–H groups in total. The van der Waals surface area contributed by atoms with Gasteiger partial charge in [0.1, 0.15) is 5.75 Å². The molecular formula is C21H18Cl4N2O3S. The standard InChI is InChI=1S/C21H16Cl2N2O3S.2ClH/c1-11-18(20(26)27)19(14-5-3-4-6-16(14)28-2)25-10-17(29-21(25)24-11)13-8-7-12(22)9-15(13)23;;/h3-10,19H,1-2H3,(H,26,27);2*1H. The molecule has 0 bridgehead atoms. The average molecular weight is 520 g/mol. The van der Waals surface area contributed by atoms with Crippen LogP contribution in [0.3, 0.4) is 0 Å². The lowest BCUT2D eigenvalue weighted by molar-refractivity contribution is -0.133. The number of benzene rings is 2. The van der Waals surface area contributed by atoms with Crippen LogP contribution in [-0.4, -0.2) is 28.3 Å². The number of hydrogen-bond donors (Lipinski definition) is 1. The summed E-state index contributed by atoms with van der Waals surface area (Å²) in [5.74, 6) is -0.403. The Morgan fingerprint density at radius 3 is 2.55 bits per heavy atom. The summed E-state index contributed by atoms with van der Waals surface area (Å²) in [7, 11) is 1.57. The molecule has 1 atom stereocenters. The van der Waals surface area contributed by atoms with Crippen LogP contribution >= 0.6 is 59.8 Å². The molecule has 31 heavy (non-hydrogen) atoms. The van der Waals surface area contributed by atoms with Gasteiger partial charge in [0.25, 0.3) is 0 Å². The number of hydrogen-bond acceptors (Lipinski definition) is 5. The van der Waals surface area contributed by atoms with Gasteiger partial charge in [-0.3, -0.25) is 0 Å². The Morgan fingerprint density at radius 1 is 1.19 bits per heavy atom. The number of carbonyl (C=O) groups is 1. The topological polar surface area (TPSA) is 62.1 Å². The molecule has 0 radical (unpaired) electrons. The number of aliphatic carboxylic acids is 1. The molecule has 0 amide bonds. The number of methoxy groups -OCH3 is 1. The van der Waals surface area contributed by atoms with E-state index < -0.39 is 12.0 Å². The number of aliphatic imine (C=N–C) groups is 1. The highest BCUT2D eigenvalue weighted by molar-refractivity contribution is 8.22. The van der Waals surface area contributed by atoms with Gasteiger partial charge in [-0.1, -0.05) is 47.5 Å². The Balaban J connectivity index is 0.00000171. The summed E-state index contributed by atoms with van der Waals surface area (Å²) in [4.78, 5) is 19.4. The van der Waals surface area contributed by atoms with E-state index in [1.807, 2.05) is 41.4 Å². The van der Waals surface area contributed by atoms with Crippen LogP contribution in [0.25, 0.3) is 4.91 Å². The normalized spacial score (nSPS) is 17.2. The van der Waals surface area contributed by atoms with Crippen molar-refractivity contribution in [2.24, 2.45) is 4.99 Å². The van der Waals surface area contributed by atoms with Gasteiger partial charge in [-0.05, 0) is 36.9 Å². The predicted octanol–water partition coefficient (Wildman–Crippen LogP) is 6.66. The van der Waals surface area contributed by atoms with Crippen LogP contribution in [0.1, 0.15) is 24.1 Å². The summed E-state index contributed by atoms with van der Waals surface area (Å²) in [5, 5.41) is 11.7. The minimum atomic E-state index is -1.02. The fraction of sp³-hybridized carbons (Fsp3) is 0.143. The summed E-state index contributed by atoms with van der Waals surface area (Å²) < 4.78 is 5.51. The van der Waals surface area contributed by atoms with Gasteiger partial charge >= 0.3 is 5.97 Å². The highest BCUT2D eigenvalue weighted by atomic mass is 35.5. The van der Waals surface area contributed by atoms with E-state index in [0.29, 0.717) is 26.7 Å². The van der Waals surface area contributed by atoms with Crippen LogP contribution in [0.5, 0.6) is 5.75 Å². The van der Waals surface area contributed by atoms with E-state index >= 15 is 0 Å². The first kappa shape index (κ1) is 25.4. The van der Waals surface area contributed by atoms with Gasteiger partial charge in [0.05, 0.1) is 29.4 Å². The fourth-order valence-corrected chi connectivity index (χ4v) is 5.11. The van der Waals surface area contributed by atoms with Gasteiger partial charge in [-0.15, -0.1) is 24.8 Å². The SMILES string of the molecule is COc1ccccc1C1C(C(=O)O)=C(C)N=C2SC(c3ccc(Cl)cc3Cl)=CN21.Cl.Cl. The van der Waals surface area contributed by atoms with Crippen LogP contribution in [0.15, 0.2) is 64.9 Å². The van der Waals surface area contributed by atoms with Crippen LogP contribution in [0.4, 0.5) is 0 Å². The summed E-state index contributed by atoms with van der Waals surface area (Å²) in [6.45, 7) is 1.71. The second-order valence-electron chi connectivity index (χ2n) is 6.47. The molecule has 2 aromatic rings. The van der Waals surface area contributed by atoms with Crippen molar-refractivity contribution in [1.29, 1.82) is 0 Å². The predicted molar refractivity (Wildman–Crippen MR) is 132 cm³/mol. The van der Waals surface area contributed by atoms with Gasteiger partial charge in [-0.2, -0.15) is 0 Å². The minimum Gasteiger partial charge on any atom is -0.496 e. The van der Waals surface area contributed by atoms with Crippen molar-refractivity contribution in [2.45, 2.75) is 13.0 Å². The molecule has 0 fully saturated rings. The second kappa shape index (κ2) is 10.2. The zero-order valence-electron chi connectivity index (χ0n) is 16.3. The van der Waals surface area contributed by atoms with E-state index in [-0.39, 0.29) is 30.4 Å². The number of rotatable bonds is 4. The zero-order valence-corrected chi connectivity index (χ0v) is 20.3. The van der Waals surface area contributed by atoms with Gasteiger partial charge in [-0.25, -0.2) is 9.79 Å². The lowest BCUT2D eigenvalue weighted by Crippen LogP contribution is -2.33. The maximum Gasteiger partial charge on any atom is 0.335 e. The Kier molecular flexibility index (Phi) is 8.36. The number of carboxylic acid groups (broad SMARTS) is 1. The Labute approximate surface area is 206 Å². The maximum absolute atomic E-state index is 12.1. The number of para-hydroxylation sites is 1. The lowest BCUT2D eigenvalue weighted by Gasteiger charge is -2.33. The molecule has 0 aliphatic carbocycles. The molecule has 2 aliphatic heterocycles. The summed E-state index contributed by atoms with van der Waals surface area (Å²) >= 11 is 13.9. The number of thioether (sulfide) groups is 1. The third kappa shape index (κ3) is 4.69. The Morgan fingerprint density at radius 2 is 1.90 bits per heavy atom. The van der Waals surface area contributed by atoms with Crippen molar-refractivity contribution >= 4 is 75.8 Å². The Hall–Kier alpha value is -1.83. The molecule has 1 unspecified atom stereocenters. The summed E-state index contributed by atoms with van der Waals surface area (Å²) in [6, 6.07) is 12.1. The van der Waals surface area contributed by atoms with Gasteiger partial charge < -0.3 is 14.7 Å². The van der Waals surface area contributed by atoms with Crippen molar-refractivity contribution in [3.63, 3.8) is 0 Å². The number of allylic oxidation sites excluding steroid dienone is 1. The van der Waals surface area contributed by atoms with Crippen LogP contribution in [0.2, 0.25) is 10.0 Å². The molecular weight excluding hydrogens is 502 g/mol. The quantitative estimate of drug-likeness (QED) is 0.489. The lowest BCUT2D eigenvalue weighted by atomic mass is 9.94. The first-order valence-corrected chi connectivity index (χ1v) is 10.3. The van der Waals surface area contributed by atoms with Crippen LogP contribution in [-0.2, 0) is 4.79 Å². The van der Waals surface area contributed by atoms with Gasteiger partial charge in [0, 0.05) is 27.3 Å². The minimum absolute atomic E-state index is 0. The first-order valence-electron chi connectivity index (χ1n) is 8.69. The first-order chi connectivity index (χ1) is 13.9. The number of amidine groups is 1. The highest BCUT2D eigenvalue weighted by Crippen LogP contribution is 2.48. The van der Waals surface area contributed by atoms with E-state index in [0.717, 1.165) is 16.0 Å². The second-order valence-corrected chi connectivity index (χ2v) is 8.32. The molecule has 2 heterocycles. The molecule has 0 aromatic heterocycles. The van der Waals surface area contributed by atoms with Crippen LogP contribution in [0, 0.1) is 0 Å². The molecule has 0 spiro atoms. The van der Waals surface area contributed by atoms with Crippen molar-refractivity contribution in [3.8, 4) is 5.75 Å². The molecule has 0 saturated heterocycles. The van der Waals surface area contributed by atoms with E-state index in [1.54, 1.807) is 26.2 Å². The molecule has 0 saturated carbocycles. The smallest absolute Gasteiger partial charge is 0.335 e. The molecule has 2 aliphatic rings. The monoisotopic (exact) mass is 518 g/mol. The molecule has 164 valence electrons. The number of nitrogens with zero attached hydrogens (tertiary/aromatic N) is 2. The average Bonchev–Trinajstić information content (AvgIpc) is 3.09. The van der Waals surface area contributed by atoms with Gasteiger partial charge in [0.2, 0.25) is 0 Å². The van der Waals surface area contributed by atoms with E-state index in [1.165, 1.54) is 11.8 Å². The number of fused-ring (bicyclic) bond motifs is 1. The van der Waals surface area contributed by atoms with Crippen molar-refractivity contribution < 1.29 is 14.6 Å². The fourth-order valence-electron chi connectivity index (χ4n) is 3.45. The number of ether oxygens (including phenoxy) is 1. The van der Waals surface area contributed by atoms with E-state index in [4.69, 9.17) is 27.9 Å². The molecule has 4 rings (SSSR count). The Bertz CT molecular complexity index is 1120. The van der Waals surface area contributed by atoms with Crippen molar-refractivity contribution in [1.82, 2.24) is 4.90 Å². The van der Waals surface area contributed by atoms with Crippen molar-refractivity contribution in [2.75, 3.05) is 7.11 Å². The molecule has 10 heteroatoms. The molecule has 5 nitrogen and oxygen atoms in total. The number of carboxylic acids is 1. The third-order valence-electron chi connectivity index (χ3n) is 4.74. The third-order valence-corrected chi connectivity index (χ3v) is 6.32. The molecule has 2 aromatic carbocycles. The largest absolute Gasteiger partial charge is 0.496 e. The van der Waals surface area contributed by atoms with Crippen molar-refractivity contribution in [3.05, 3.63) is 81.1 Å². The maximum atomic E-state index is 12.1. The van der Waals surface area contributed by atoms with Gasteiger partial charge in [0.15, 0.2) is 5.17 Å². The van der Waals surface area contributed by atoms with E-state index in [9.17, 15) is 9.90 Å². The number of halogens is 4. The van der Waals surface area contributed by atoms with E-state index in [2.05, 4.69) is 4.99 Å². The zero-order chi connectivity index (χ0) is 20.7.